The largest absolute Gasteiger partial charge is 0.468 e. The number of hydrogen-bond acceptors (Lipinski definition) is 3. The number of methoxy groups -OCH3 is 1. The summed E-state index contributed by atoms with van der Waals surface area (Å²) in [7, 11) is 1.41. The van der Waals surface area contributed by atoms with Gasteiger partial charge in [-0.3, -0.25) is 4.79 Å². The summed E-state index contributed by atoms with van der Waals surface area (Å²) < 4.78 is 4.62. The molecule has 1 atom stereocenters. The molecule has 0 radical (unpaired) electrons. The molecule has 1 aromatic carbocycles. The molecule has 3 heteroatoms. The molecule has 0 fully saturated rings. The van der Waals surface area contributed by atoms with Gasteiger partial charge >= 0.3 is 5.97 Å². The molecule has 70 valence electrons. The summed E-state index contributed by atoms with van der Waals surface area (Å²) >= 11 is 1.50. The van der Waals surface area contributed by atoms with Gasteiger partial charge in [0.15, 0.2) is 0 Å². The molecule has 0 N–H and O–H groups in total. The normalized spacial score (nSPS) is 12.2. The van der Waals surface area contributed by atoms with Gasteiger partial charge in [0.25, 0.3) is 0 Å². The van der Waals surface area contributed by atoms with E-state index in [9.17, 15) is 4.79 Å². The molecule has 0 saturated heterocycles. The van der Waals surface area contributed by atoms with Gasteiger partial charge in [-0.2, -0.15) is 0 Å². The number of carbonyl (C=O) groups excluding carboxylic acids is 1. The Labute approximate surface area is 82.3 Å². The van der Waals surface area contributed by atoms with Gasteiger partial charge in [0.2, 0.25) is 0 Å². The Balaban J connectivity index is 2.55. The van der Waals surface area contributed by atoms with Crippen molar-refractivity contribution in [3.8, 4) is 0 Å². The number of benzene rings is 1. The summed E-state index contributed by atoms with van der Waals surface area (Å²) in [5.41, 5.74) is 0. The van der Waals surface area contributed by atoms with Crippen molar-refractivity contribution in [3.05, 3.63) is 30.3 Å². The van der Waals surface area contributed by atoms with E-state index in [0.717, 1.165) is 4.90 Å². The van der Waals surface area contributed by atoms with Crippen LogP contribution >= 0.6 is 11.8 Å². The summed E-state index contributed by atoms with van der Waals surface area (Å²) in [6.07, 6.45) is 0. The first-order chi connectivity index (χ1) is 6.24. The SMILES string of the molecule is COC(=O)[C@@H](C)Sc1ccccc1. The van der Waals surface area contributed by atoms with Crippen LogP contribution < -0.4 is 0 Å². The Morgan fingerprint density at radius 3 is 2.54 bits per heavy atom. The van der Waals surface area contributed by atoms with Gasteiger partial charge < -0.3 is 4.74 Å². The van der Waals surface area contributed by atoms with E-state index in [0.29, 0.717) is 0 Å². The highest BCUT2D eigenvalue weighted by Gasteiger charge is 2.13. The van der Waals surface area contributed by atoms with Gasteiger partial charge in [0.1, 0.15) is 5.25 Å². The lowest BCUT2D eigenvalue weighted by molar-refractivity contribution is -0.139. The Bertz CT molecular complexity index is 272. The van der Waals surface area contributed by atoms with Gasteiger partial charge in [-0.1, -0.05) is 18.2 Å². The third-order valence-corrected chi connectivity index (χ3v) is 2.68. The highest BCUT2D eigenvalue weighted by atomic mass is 32.2. The second kappa shape index (κ2) is 4.92. The lowest BCUT2D eigenvalue weighted by Gasteiger charge is -2.07. The maximum absolute atomic E-state index is 11.1. The molecule has 0 aromatic heterocycles. The standard InChI is InChI=1S/C10H12O2S/c1-8(10(11)12-2)13-9-6-4-3-5-7-9/h3-8H,1-2H3/t8-/m1/s1. The van der Waals surface area contributed by atoms with E-state index in [4.69, 9.17) is 0 Å². The van der Waals surface area contributed by atoms with E-state index in [-0.39, 0.29) is 11.2 Å². The van der Waals surface area contributed by atoms with Gasteiger partial charge in [0, 0.05) is 4.90 Å². The molecule has 1 rings (SSSR count). The average molecular weight is 196 g/mol. The maximum Gasteiger partial charge on any atom is 0.318 e. The lowest BCUT2D eigenvalue weighted by Crippen LogP contribution is -2.14. The van der Waals surface area contributed by atoms with E-state index in [1.165, 1.54) is 18.9 Å². The smallest absolute Gasteiger partial charge is 0.318 e. The minimum Gasteiger partial charge on any atom is -0.468 e. The zero-order chi connectivity index (χ0) is 9.68. The predicted octanol–water partition coefficient (Wildman–Crippen LogP) is 2.34. The predicted molar refractivity (Wildman–Crippen MR) is 53.8 cm³/mol. The molecule has 0 heterocycles. The van der Waals surface area contributed by atoms with Crippen molar-refractivity contribution < 1.29 is 9.53 Å². The summed E-state index contributed by atoms with van der Waals surface area (Å²) in [4.78, 5) is 12.2. The van der Waals surface area contributed by atoms with Crippen molar-refractivity contribution in [1.82, 2.24) is 0 Å². The van der Waals surface area contributed by atoms with E-state index < -0.39 is 0 Å². The molecule has 0 aliphatic carbocycles. The third kappa shape index (κ3) is 3.11. The number of carbonyl (C=O) groups is 1. The highest BCUT2D eigenvalue weighted by Crippen LogP contribution is 2.22. The van der Waals surface area contributed by atoms with Crippen molar-refractivity contribution in [1.29, 1.82) is 0 Å². The lowest BCUT2D eigenvalue weighted by atomic mass is 10.4. The first-order valence-corrected chi connectivity index (χ1v) is 4.91. The fourth-order valence-electron chi connectivity index (χ4n) is 0.917. The second-order valence-corrected chi connectivity index (χ2v) is 4.01. The molecule has 0 aliphatic heterocycles. The first kappa shape index (κ1) is 10.1. The molecular formula is C10H12O2S. The minimum absolute atomic E-state index is 0.146. The van der Waals surface area contributed by atoms with Crippen LogP contribution in [0.1, 0.15) is 6.92 Å². The van der Waals surface area contributed by atoms with Crippen LogP contribution in [0.2, 0.25) is 0 Å². The average Bonchev–Trinajstić information content (AvgIpc) is 2.18. The molecule has 0 spiro atoms. The Hall–Kier alpha value is -0.960. The van der Waals surface area contributed by atoms with Crippen LogP contribution in [0.5, 0.6) is 0 Å². The number of thioether (sulfide) groups is 1. The Morgan fingerprint density at radius 1 is 1.38 bits per heavy atom. The van der Waals surface area contributed by atoms with Gasteiger partial charge in [-0.15, -0.1) is 11.8 Å². The molecule has 1 aromatic rings. The van der Waals surface area contributed by atoms with Crippen LogP contribution in [0.3, 0.4) is 0 Å². The fourth-order valence-corrected chi connectivity index (χ4v) is 1.83. The van der Waals surface area contributed by atoms with Crippen LogP contribution in [0.4, 0.5) is 0 Å². The number of hydrogen-bond donors (Lipinski definition) is 0. The summed E-state index contributed by atoms with van der Waals surface area (Å²) in [5.74, 6) is -0.186. The van der Waals surface area contributed by atoms with Crippen molar-refractivity contribution in [2.75, 3.05) is 7.11 Å². The van der Waals surface area contributed by atoms with E-state index in [2.05, 4.69) is 4.74 Å². The van der Waals surface area contributed by atoms with E-state index in [1.54, 1.807) is 0 Å². The van der Waals surface area contributed by atoms with Crippen LogP contribution in [-0.4, -0.2) is 18.3 Å². The number of rotatable bonds is 3. The topological polar surface area (TPSA) is 26.3 Å². The fraction of sp³-hybridized carbons (Fsp3) is 0.300. The molecule has 0 amide bonds. The highest BCUT2D eigenvalue weighted by molar-refractivity contribution is 8.00. The van der Waals surface area contributed by atoms with Crippen LogP contribution in [0, 0.1) is 0 Å². The van der Waals surface area contributed by atoms with Crippen molar-refractivity contribution in [2.45, 2.75) is 17.1 Å². The van der Waals surface area contributed by atoms with Gasteiger partial charge in [-0.25, -0.2) is 0 Å². The van der Waals surface area contributed by atoms with E-state index in [1.807, 2.05) is 37.3 Å². The Kier molecular flexibility index (Phi) is 3.83. The zero-order valence-corrected chi connectivity index (χ0v) is 8.51. The van der Waals surface area contributed by atoms with Gasteiger partial charge in [-0.05, 0) is 19.1 Å². The first-order valence-electron chi connectivity index (χ1n) is 4.03. The summed E-state index contributed by atoms with van der Waals surface area (Å²) in [5, 5.41) is -0.146. The minimum atomic E-state index is -0.186. The second-order valence-electron chi connectivity index (χ2n) is 2.60. The van der Waals surface area contributed by atoms with Gasteiger partial charge in [0.05, 0.1) is 7.11 Å². The third-order valence-electron chi connectivity index (χ3n) is 1.59. The molecule has 0 unspecified atom stereocenters. The van der Waals surface area contributed by atoms with Crippen molar-refractivity contribution >= 4 is 17.7 Å². The molecule has 0 aliphatic rings. The quantitative estimate of drug-likeness (QED) is 0.548. The molecule has 2 nitrogen and oxygen atoms in total. The van der Waals surface area contributed by atoms with Crippen LogP contribution in [0.25, 0.3) is 0 Å². The molecular weight excluding hydrogens is 184 g/mol. The van der Waals surface area contributed by atoms with Crippen LogP contribution in [0.15, 0.2) is 35.2 Å². The Morgan fingerprint density at radius 2 is 2.00 bits per heavy atom. The molecule has 13 heavy (non-hydrogen) atoms. The maximum atomic E-state index is 11.1. The zero-order valence-electron chi connectivity index (χ0n) is 7.69. The molecule has 0 bridgehead atoms. The molecule has 0 saturated carbocycles. The van der Waals surface area contributed by atoms with Crippen molar-refractivity contribution in [2.24, 2.45) is 0 Å². The van der Waals surface area contributed by atoms with E-state index >= 15 is 0 Å². The van der Waals surface area contributed by atoms with Crippen LogP contribution in [-0.2, 0) is 9.53 Å². The monoisotopic (exact) mass is 196 g/mol. The summed E-state index contributed by atoms with van der Waals surface area (Å²) in [6, 6.07) is 9.81. The van der Waals surface area contributed by atoms with Crippen molar-refractivity contribution in [3.63, 3.8) is 0 Å². The summed E-state index contributed by atoms with van der Waals surface area (Å²) in [6.45, 7) is 1.84. The number of ether oxygens (including phenoxy) is 1. The number of esters is 1.